The van der Waals surface area contributed by atoms with E-state index in [1.807, 2.05) is 0 Å². The van der Waals surface area contributed by atoms with Crippen LogP contribution in [0.25, 0.3) is 0 Å². The van der Waals surface area contributed by atoms with Crippen molar-refractivity contribution in [1.29, 1.82) is 0 Å². The number of hydrogen-bond donors (Lipinski definition) is 1. The molecule has 0 radical (unpaired) electrons. The Bertz CT molecular complexity index is 307. The molecule has 1 saturated heterocycles. The third kappa shape index (κ3) is 1.65. The Balaban J connectivity index is 2.26. The largest absolute Gasteiger partial charge is 0.394 e. The van der Waals surface area contributed by atoms with Gasteiger partial charge >= 0.3 is 0 Å². The van der Waals surface area contributed by atoms with Crippen molar-refractivity contribution in [2.75, 3.05) is 6.61 Å². The highest BCUT2D eigenvalue weighted by molar-refractivity contribution is 6.04. The first-order chi connectivity index (χ1) is 7.60. The Kier molecular flexibility index (Phi) is 3.02. The summed E-state index contributed by atoms with van der Waals surface area (Å²) in [5, 5.41) is 9.58. The van der Waals surface area contributed by atoms with Gasteiger partial charge in [-0.25, -0.2) is 0 Å². The molecule has 16 heavy (non-hydrogen) atoms. The predicted molar refractivity (Wildman–Crippen MR) is 58.5 cm³/mol. The zero-order valence-corrected chi connectivity index (χ0v) is 9.74. The number of rotatable bonds is 2. The summed E-state index contributed by atoms with van der Waals surface area (Å²) in [5.74, 6) is -0.410. The normalized spacial score (nSPS) is 29.9. The minimum atomic E-state index is -0.586. The number of likely N-dealkylation sites (tertiary alicyclic amines) is 1. The van der Waals surface area contributed by atoms with Gasteiger partial charge < -0.3 is 5.11 Å². The van der Waals surface area contributed by atoms with Crippen molar-refractivity contribution in [3.63, 3.8) is 0 Å². The van der Waals surface area contributed by atoms with Crippen LogP contribution in [-0.2, 0) is 9.59 Å². The lowest BCUT2D eigenvalue weighted by molar-refractivity contribution is -0.150. The van der Waals surface area contributed by atoms with Gasteiger partial charge in [0.25, 0.3) is 0 Å². The monoisotopic (exact) mass is 225 g/mol. The summed E-state index contributed by atoms with van der Waals surface area (Å²) in [7, 11) is 0. The van der Waals surface area contributed by atoms with E-state index >= 15 is 0 Å². The minimum absolute atomic E-state index is 0.0861. The third-order valence-corrected chi connectivity index (χ3v) is 3.93. The van der Waals surface area contributed by atoms with Crippen molar-refractivity contribution >= 4 is 11.8 Å². The van der Waals surface area contributed by atoms with Crippen LogP contribution in [0, 0.1) is 5.92 Å². The van der Waals surface area contributed by atoms with Crippen molar-refractivity contribution in [2.45, 2.75) is 51.0 Å². The molecule has 1 N–H and O–H groups in total. The van der Waals surface area contributed by atoms with Crippen molar-refractivity contribution in [2.24, 2.45) is 5.92 Å². The molecule has 4 nitrogen and oxygen atoms in total. The van der Waals surface area contributed by atoms with Crippen LogP contribution in [0.4, 0.5) is 0 Å². The SMILES string of the molecule is CC1CC(=O)N(C2(CO)CCCCC2)C1=O. The first-order valence-corrected chi connectivity index (χ1v) is 6.08. The smallest absolute Gasteiger partial charge is 0.233 e. The average molecular weight is 225 g/mol. The molecule has 90 valence electrons. The second kappa shape index (κ2) is 4.17. The summed E-state index contributed by atoms with van der Waals surface area (Å²) >= 11 is 0. The van der Waals surface area contributed by atoms with Gasteiger partial charge in [-0.1, -0.05) is 26.2 Å². The van der Waals surface area contributed by atoms with Crippen LogP contribution in [0.5, 0.6) is 0 Å². The standard InChI is InChI=1S/C12H19NO3/c1-9-7-10(15)13(11(9)16)12(8-14)5-3-2-4-6-12/h9,14H,2-8H2,1H3. The van der Waals surface area contributed by atoms with Crippen LogP contribution in [-0.4, -0.2) is 34.0 Å². The van der Waals surface area contributed by atoms with Gasteiger partial charge in [-0.15, -0.1) is 0 Å². The molecule has 0 aromatic carbocycles. The number of amides is 2. The number of carbonyl (C=O) groups is 2. The van der Waals surface area contributed by atoms with E-state index < -0.39 is 5.54 Å². The van der Waals surface area contributed by atoms with Gasteiger partial charge in [0.15, 0.2) is 0 Å². The van der Waals surface area contributed by atoms with E-state index in [4.69, 9.17) is 0 Å². The number of carbonyl (C=O) groups excluding carboxylic acids is 2. The van der Waals surface area contributed by atoms with E-state index in [9.17, 15) is 14.7 Å². The van der Waals surface area contributed by atoms with Gasteiger partial charge in [-0.2, -0.15) is 0 Å². The van der Waals surface area contributed by atoms with Gasteiger partial charge in [-0.05, 0) is 12.8 Å². The van der Waals surface area contributed by atoms with Crippen LogP contribution >= 0.6 is 0 Å². The van der Waals surface area contributed by atoms with Crippen molar-refractivity contribution < 1.29 is 14.7 Å². The van der Waals surface area contributed by atoms with Gasteiger partial charge in [0.1, 0.15) is 0 Å². The Hall–Kier alpha value is -0.900. The number of hydrogen-bond acceptors (Lipinski definition) is 3. The molecule has 2 rings (SSSR count). The van der Waals surface area contributed by atoms with E-state index in [1.54, 1.807) is 6.92 Å². The van der Waals surface area contributed by atoms with Crippen LogP contribution in [0.15, 0.2) is 0 Å². The second-order valence-corrected chi connectivity index (χ2v) is 5.12. The maximum Gasteiger partial charge on any atom is 0.233 e. The summed E-state index contributed by atoms with van der Waals surface area (Å²) in [6.45, 7) is 1.70. The molecule has 0 bridgehead atoms. The van der Waals surface area contributed by atoms with Crippen molar-refractivity contribution in [3.8, 4) is 0 Å². The molecule has 1 aliphatic heterocycles. The average Bonchev–Trinajstić information content (AvgIpc) is 2.54. The molecular weight excluding hydrogens is 206 g/mol. The molecule has 1 atom stereocenters. The maximum atomic E-state index is 12.0. The summed E-state index contributed by atoms with van der Waals surface area (Å²) in [5.41, 5.74) is -0.586. The topological polar surface area (TPSA) is 57.6 Å². The Labute approximate surface area is 95.6 Å². The summed E-state index contributed by atoms with van der Waals surface area (Å²) in [6, 6.07) is 0. The fourth-order valence-electron chi connectivity index (χ4n) is 2.94. The Morgan fingerprint density at radius 1 is 1.31 bits per heavy atom. The van der Waals surface area contributed by atoms with E-state index in [1.165, 1.54) is 4.90 Å². The maximum absolute atomic E-state index is 12.0. The van der Waals surface area contributed by atoms with Gasteiger partial charge in [0.2, 0.25) is 11.8 Å². The number of nitrogens with zero attached hydrogens (tertiary/aromatic N) is 1. The van der Waals surface area contributed by atoms with Crippen molar-refractivity contribution in [1.82, 2.24) is 4.90 Å². The third-order valence-electron chi connectivity index (χ3n) is 3.93. The van der Waals surface area contributed by atoms with E-state index in [-0.39, 0.29) is 24.3 Å². The summed E-state index contributed by atoms with van der Waals surface area (Å²) in [6.07, 6.45) is 4.94. The Morgan fingerprint density at radius 3 is 2.38 bits per heavy atom. The fraction of sp³-hybridized carbons (Fsp3) is 0.833. The van der Waals surface area contributed by atoms with Crippen LogP contribution < -0.4 is 0 Å². The molecule has 1 saturated carbocycles. The molecule has 2 aliphatic rings. The summed E-state index contributed by atoms with van der Waals surface area (Å²) in [4.78, 5) is 25.2. The minimum Gasteiger partial charge on any atom is -0.394 e. The fourth-order valence-corrected chi connectivity index (χ4v) is 2.94. The molecule has 2 amide bonds. The number of aliphatic hydroxyl groups is 1. The highest BCUT2D eigenvalue weighted by atomic mass is 16.3. The number of aliphatic hydroxyl groups excluding tert-OH is 1. The zero-order valence-electron chi connectivity index (χ0n) is 9.74. The lowest BCUT2D eigenvalue weighted by Crippen LogP contribution is -2.55. The predicted octanol–water partition coefficient (Wildman–Crippen LogP) is 1.08. The first kappa shape index (κ1) is 11.6. The van der Waals surface area contributed by atoms with E-state index in [0.29, 0.717) is 6.42 Å². The van der Waals surface area contributed by atoms with Gasteiger partial charge in [0, 0.05) is 12.3 Å². The molecule has 0 aromatic heterocycles. The lowest BCUT2D eigenvalue weighted by Gasteiger charge is -2.42. The molecule has 1 unspecified atom stereocenters. The zero-order chi connectivity index (χ0) is 11.8. The van der Waals surface area contributed by atoms with Gasteiger partial charge in [0.05, 0.1) is 12.1 Å². The second-order valence-electron chi connectivity index (χ2n) is 5.12. The molecule has 0 aromatic rings. The van der Waals surface area contributed by atoms with E-state index in [2.05, 4.69) is 0 Å². The van der Waals surface area contributed by atoms with Crippen LogP contribution in [0.1, 0.15) is 45.4 Å². The first-order valence-electron chi connectivity index (χ1n) is 6.08. The molecule has 1 heterocycles. The summed E-state index contributed by atoms with van der Waals surface area (Å²) < 4.78 is 0. The molecular formula is C12H19NO3. The van der Waals surface area contributed by atoms with Crippen molar-refractivity contribution in [3.05, 3.63) is 0 Å². The lowest BCUT2D eigenvalue weighted by atomic mass is 9.81. The quantitative estimate of drug-likeness (QED) is 0.715. The Morgan fingerprint density at radius 2 is 1.94 bits per heavy atom. The van der Waals surface area contributed by atoms with Crippen LogP contribution in [0.3, 0.4) is 0 Å². The van der Waals surface area contributed by atoms with Crippen LogP contribution in [0.2, 0.25) is 0 Å². The molecule has 1 aliphatic carbocycles. The molecule has 4 heteroatoms. The highest BCUT2D eigenvalue weighted by Gasteiger charge is 2.48. The molecule has 2 fully saturated rings. The molecule has 0 spiro atoms. The van der Waals surface area contributed by atoms with E-state index in [0.717, 1.165) is 32.1 Å². The number of imide groups is 1. The van der Waals surface area contributed by atoms with Gasteiger partial charge in [-0.3, -0.25) is 14.5 Å². The highest BCUT2D eigenvalue weighted by Crippen LogP contribution is 2.37.